The fourth-order valence-electron chi connectivity index (χ4n) is 10.5. The van der Waals surface area contributed by atoms with Crippen molar-refractivity contribution in [2.45, 2.75) is 386 Å². The first kappa shape index (κ1) is 76.4. The summed E-state index contributed by atoms with van der Waals surface area (Å²) in [5, 5.41) is 0. The molecule has 0 fully saturated rings. The Hall–Kier alpha value is -2.63. The third kappa shape index (κ3) is 66.1. The minimum Gasteiger partial charge on any atom is -0.462 e. The lowest BCUT2D eigenvalue weighted by molar-refractivity contribution is -0.167. The van der Waals surface area contributed by atoms with Crippen LogP contribution in [0.5, 0.6) is 0 Å². The van der Waals surface area contributed by atoms with Crippen LogP contribution in [0.15, 0.2) is 48.6 Å². The van der Waals surface area contributed by atoms with Crippen molar-refractivity contribution >= 4 is 17.9 Å². The highest BCUT2D eigenvalue weighted by Crippen LogP contribution is 2.18. The van der Waals surface area contributed by atoms with Gasteiger partial charge in [-0.25, -0.2) is 0 Å². The van der Waals surface area contributed by atoms with Crippen LogP contribution in [-0.2, 0) is 28.6 Å². The third-order valence-corrected chi connectivity index (χ3v) is 15.8. The number of allylic oxidation sites excluding steroid dienone is 8. The molecule has 0 rings (SSSR count). The monoisotopic (exact) mass is 1110 g/mol. The lowest BCUT2D eigenvalue weighted by atomic mass is 10.0. The van der Waals surface area contributed by atoms with Crippen LogP contribution in [0.1, 0.15) is 380 Å². The SMILES string of the molecule is CCCCCCC/C=C\C/C=C\C/C=C\CCCCCCCCCCC(=O)OC(COC(=O)CCCCCCCCCCCCC)COC(=O)CCCCCCCCCCCCCCCCC/C=C\CCCCCCCCCC. The molecule has 0 amide bonds. The summed E-state index contributed by atoms with van der Waals surface area (Å²) in [4.78, 5) is 38.4. The fraction of sp³-hybridized carbons (Fsp3) is 0.849. The zero-order valence-corrected chi connectivity index (χ0v) is 53.2. The average Bonchev–Trinajstić information content (AvgIpc) is 3.45. The van der Waals surface area contributed by atoms with Crippen molar-refractivity contribution in [3.63, 3.8) is 0 Å². The summed E-state index contributed by atoms with van der Waals surface area (Å²) in [7, 11) is 0. The highest BCUT2D eigenvalue weighted by atomic mass is 16.6. The lowest BCUT2D eigenvalue weighted by Gasteiger charge is -2.18. The summed E-state index contributed by atoms with van der Waals surface area (Å²) in [6.07, 6.45) is 85.7. The van der Waals surface area contributed by atoms with Crippen LogP contribution in [0.2, 0.25) is 0 Å². The number of carbonyl (C=O) groups excluding carboxylic acids is 3. The second kappa shape index (κ2) is 67.9. The molecule has 0 heterocycles. The molecular weight excluding hydrogens is 973 g/mol. The summed E-state index contributed by atoms with van der Waals surface area (Å²) >= 11 is 0. The van der Waals surface area contributed by atoms with Crippen LogP contribution >= 0.6 is 0 Å². The van der Waals surface area contributed by atoms with Crippen molar-refractivity contribution in [2.75, 3.05) is 13.2 Å². The maximum Gasteiger partial charge on any atom is 0.306 e. The second-order valence-electron chi connectivity index (χ2n) is 23.8. The Morgan fingerprint density at radius 3 is 0.722 bits per heavy atom. The molecule has 79 heavy (non-hydrogen) atoms. The fourth-order valence-corrected chi connectivity index (χ4v) is 10.5. The molecule has 0 radical (unpaired) electrons. The van der Waals surface area contributed by atoms with Gasteiger partial charge in [-0.05, 0) is 83.5 Å². The number of carbonyl (C=O) groups is 3. The predicted octanol–water partition coefficient (Wildman–Crippen LogP) is 24.1. The van der Waals surface area contributed by atoms with Gasteiger partial charge < -0.3 is 14.2 Å². The molecule has 0 bridgehead atoms. The van der Waals surface area contributed by atoms with E-state index in [-0.39, 0.29) is 31.1 Å². The van der Waals surface area contributed by atoms with E-state index in [1.54, 1.807) is 0 Å². The minimum atomic E-state index is -0.775. The van der Waals surface area contributed by atoms with Gasteiger partial charge in [0.2, 0.25) is 0 Å². The molecular formula is C73H134O6. The number of unbranched alkanes of at least 4 members (excludes halogenated alkanes) is 46. The molecule has 0 aliphatic rings. The Bertz CT molecular complexity index is 1360. The van der Waals surface area contributed by atoms with Crippen LogP contribution in [0, 0.1) is 0 Å². The van der Waals surface area contributed by atoms with Crippen LogP contribution in [0.4, 0.5) is 0 Å². The maximum atomic E-state index is 12.9. The van der Waals surface area contributed by atoms with Gasteiger partial charge >= 0.3 is 17.9 Å². The molecule has 6 heteroatoms. The third-order valence-electron chi connectivity index (χ3n) is 15.8. The number of rotatable bonds is 65. The molecule has 0 saturated carbocycles. The first-order chi connectivity index (χ1) is 39.0. The van der Waals surface area contributed by atoms with E-state index in [2.05, 4.69) is 69.4 Å². The van der Waals surface area contributed by atoms with Crippen LogP contribution < -0.4 is 0 Å². The summed E-state index contributed by atoms with van der Waals surface area (Å²) in [5.41, 5.74) is 0. The standard InChI is InChI=1S/C73H134O6/c1-4-7-10-13-16-19-22-24-26-28-30-32-34-35-36-37-39-40-42-44-46-48-51-54-57-60-63-66-72(75)78-69-70(68-77-71(74)65-62-59-56-53-50-21-18-15-12-9-6-3)79-73(76)67-64-61-58-55-52-49-47-45-43-41-38-33-31-29-27-25-23-20-17-14-11-8-5-2/h23,25,28-31,38,41,70H,4-22,24,26-27,32-37,39-40,42-69H2,1-3H3/b25-23-,30-28-,31-29-,41-38-. The molecule has 1 atom stereocenters. The van der Waals surface area contributed by atoms with E-state index in [9.17, 15) is 14.4 Å². The molecule has 0 aliphatic heterocycles. The first-order valence-electron chi connectivity index (χ1n) is 35.1. The van der Waals surface area contributed by atoms with E-state index < -0.39 is 6.10 Å². The van der Waals surface area contributed by atoms with Crippen LogP contribution in [-0.4, -0.2) is 37.2 Å². The molecule has 0 aromatic carbocycles. The molecule has 0 aromatic rings. The zero-order valence-electron chi connectivity index (χ0n) is 53.2. The first-order valence-corrected chi connectivity index (χ1v) is 35.1. The second-order valence-corrected chi connectivity index (χ2v) is 23.8. The summed E-state index contributed by atoms with van der Waals surface area (Å²) in [6.45, 7) is 6.68. The zero-order chi connectivity index (χ0) is 57.1. The molecule has 0 spiro atoms. The Kier molecular flexibility index (Phi) is 65.6. The van der Waals surface area contributed by atoms with Crippen molar-refractivity contribution in [3.05, 3.63) is 48.6 Å². The predicted molar refractivity (Wildman–Crippen MR) is 344 cm³/mol. The van der Waals surface area contributed by atoms with Crippen molar-refractivity contribution < 1.29 is 28.6 Å². The van der Waals surface area contributed by atoms with Gasteiger partial charge in [-0.1, -0.05) is 326 Å². The smallest absolute Gasteiger partial charge is 0.306 e. The molecule has 462 valence electrons. The van der Waals surface area contributed by atoms with Gasteiger partial charge in [-0.3, -0.25) is 14.4 Å². The largest absolute Gasteiger partial charge is 0.462 e. The normalized spacial score (nSPS) is 12.3. The summed E-state index contributed by atoms with van der Waals surface area (Å²) in [6, 6.07) is 0. The topological polar surface area (TPSA) is 78.9 Å². The van der Waals surface area contributed by atoms with Crippen molar-refractivity contribution in [2.24, 2.45) is 0 Å². The highest BCUT2D eigenvalue weighted by molar-refractivity contribution is 5.71. The van der Waals surface area contributed by atoms with Crippen molar-refractivity contribution in [1.82, 2.24) is 0 Å². The van der Waals surface area contributed by atoms with Crippen LogP contribution in [0.3, 0.4) is 0 Å². The molecule has 0 aliphatic carbocycles. The molecule has 0 aromatic heterocycles. The number of esters is 3. The van der Waals surface area contributed by atoms with Gasteiger partial charge in [0.25, 0.3) is 0 Å². The van der Waals surface area contributed by atoms with Crippen molar-refractivity contribution in [1.29, 1.82) is 0 Å². The van der Waals surface area contributed by atoms with Gasteiger partial charge in [0, 0.05) is 19.3 Å². The van der Waals surface area contributed by atoms with Gasteiger partial charge in [0.1, 0.15) is 13.2 Å². The van der Waals surface area contributed by atoms with Gasteiger partial charge in [-0.15, -0.1) is 0 Å². The maximum absolute atomic E-state index is 12.9. The van der Waals surface area contributed by atoms with Gasteiger partial charge in [0.15, 0.2) is 6.10 Å². The van der Waals surface area contributed by atoms with E-state index >= 15 is 0 Å². The van der Waals surface area contributed by atoms with Crippen molar-refractivity contribution in [3.8, 4) is 0 Å². The average molecular weight is 1110 g/mol. The van der Waals surface area contributed by atoms with Crippen LogP contribution in [0.25, 0.3) is 0 Å². The molecule has 1 unspecified atom stereocenters. The lowest BCUT2D eigenvalue weighted by Crippen LogP contribution is -2.30. The van der Waals surface area contributed by atoms with Gasteiger partial charge in [-0.2, -0.15) is 0 Å². The minimum absolute atomic E-state index is 0.0717. The summed E-state index contributed by atoms with van der Waals surface area (Å²) in [5.74, 6) is -0.856. The molecule has 0 N–H and O–H groups in total. The van der Waals surface area contributed by atoms with E-state index in [0.29, 0.717) is 19.3 Å². The quantitative estimate of drug-likeness (QED) is 0.0261. The molecule has 0 saturated heterocycles. The number of ether oxygens (including phenoxy) is 3. The highest BCUT2D eigenvalue weighted by Gasteiger charge is 2.19. The van der Waals surface area contributed by atoms with E-state index in [1.807, 2.05) is 0 Å². The van der Waals surface area contributed by atoms with Gasteiger partial charge in [0.05, 0.1) is 0 Å². The Balaban J connectivity index is 4.20. The summed E-state index contributed by atoms with van der Waals surface area (Å²) < 4.78 is 17.0. The Labute approximate surface area is 492 Å². The van der Waals surface area contributed by atoms with E-state index in [1.165, 1.54) is 263 Å². The Morgan fingerprint density at radius 2 is 0.456 bits per heavy atom. The van der Waals surface area contributed by atoms with E-state index in [0.717, 1.165) is 77.0 Å². The number of hydrogen-bond donors (Lipinski definition) is 0. The Morgan fingerprint density at radius 1 is 0.253 bits per heavy atom. The molecule has 6 nitrogen and oxygen atoms in total. The number of hydrogen-bond acceptors (Lipinski definition) is 6. The van der Waals surface area contributed by atoms with E-state index in [4.69, 9.17) is 14.2 Å².